The van der Waals surface area contributed by atoms with Gasteiger partial charge in [-0.1, -0.05) is 85.8 Å². The molecule has 0 spiro atoms. The van der Waals surface area contributed by atoms with Crippen molar-refractivity contribution in [2.75, 3.05) is 6.54 Å². The summed E-state index contributed by atoms with van der Waals surface area (Å²) in [6.07, 6.45) is 1.59. The van der Waals surface area contributed by atoms with Gasteiger partial charge in [-0.3, -0.25) is 9.59 Å². The maximum absolute atomic E-state index is 13.7. The van der Waals surface area contributed by atoms with E-state index in [0.717, 1.165) is 34.2 Å². The van der Waals surface area contributed by atoms with Crippen molar-refractivity contribution < 1.29 is 9.59 Å². The van der Waals surface area contributed by atoms with Crippen LogP contribution in [0.4, 0.5) is 0 Å². The van der Waals surface area contributed by atoms with Gasteiger partial charge < -0.3 is 10.2 Å². The van der Waals surface area contributed by atoms with Crippen LogP contribution in [-0.2, 0) is 29.0 Å². The van der Waals surface area contributed by atoms with E-state index < -0.39 is 6.04 Å². The molecule has 0 radical (unpaired) electrons. The third kappa shape index (κ3) is 6.79. The highest BCUT2D eigenvalue weighted by molar-refractivity contribution is 5.89. The minimum atomic E-state index is -0.588. The summed E-state index contributed by atoms with van der Waals surface area (Å²) < 4.78 is 0. The minimum absolute atomic E-state index is 0.0415. The fraction of sp³-hybridized carbons (Fsp3) is 0.310. The first-order valence-electron chi connectivity index (χ1n) is 11.7. The maximum atomic E-state index is 13.7. The number of nitrogens with one attached hydrogen (secondary N) is 1. The number of aryl methyl sites for hydroxylation is 2. The third-order valence-corrected chi connectivity index (χ3v) is 6.03. The standard InChI is InChI=1S/C29H34N2O2/c1-4-18-30-29(33)27(19-24-14-6-5-7-15-24)31(21-26-17-11-9-13-23(26)3)28(32)20-25-16-10-8-12-22(25)2/h5-17,27H,4,18-21H2,1-3H3,(H,30,33). The Balaban J connectivity index is 1.97. The first kappa shape index (κ1) is 24.2. The lowest BCUT2D eigenvalue weighted by Gasteiger charge is -2.32. The number of carbonyl (C=O) groups is 2. The molecule has 3 rings (SSSR count). The van der Waals surface area contributed by atoms with E-state index in [1.807, 2.05) is 99.6 Å². The van der Waals surface area contributed by atoms with Gasteiger partial charge in [0.2, 0.25) is 11.8 Å². The van der Waals surface area contributed by atoms with Crippen molar-refractivity contribution in [1.29, 1.82) is 0 Å². The normalized spacial score (nSPS) is 11.6. The molecule has 3 aromatic carbocycles. The van der Waals surface area contributed by atoms with Gasteiger partial charge >= 0.3 is 0 Å². The predicted octanol–water partition coefficient (Wildman–Crippen LogP) is 5.01. The number of nitrogens with zero attached hydrogens (tertiary/aromatic N) is 1. The highest BCUT2D eigenvalue weighted by atomic mass is 16.2. The lowest BCUT2D eigenvalue weighted by Crippen LogP contribution is -2.51. The van der Waals surface area contributed by atoms with Crippen LogP contribution in [0.5, 0.6) is 0 Å². The molecule has 0 aliphatic carbocycles. The zero-order valence-electron chi connectivity index (χ0n) is 19.9. The molecular weight excluding hydrogens is 408 g/mol. The van der Waals surface area contributed by atoms with Gasteiger partial charge in [0.15, 0.2) is 0 Å². The molecule has 4 nitrogen and oxygen atoms in total. The van der Waals surface area contributed by atoms with Crippen LogP contribution in [0.15, 0.2) is 78.9 Å². The average Bonchev–Trinajstić information content (AvgIpc) is 2.83. The summed E-state index contributed by atoms with van der Waals surface area (Å²) in [5, 5.41) is 3.03. The molecule has 0 heterocycles. The highest BCUT2D eigenvalue weighted by Gasteiger charge is 2.30. The quantitative estimate of drug-likeness (QED) is 0.480. The van der Waals surface area contributed by atoms with Crippen LogP contribution in [0, 0.1) is 13.8 Å². The summed E-state index contributed by atoms with van der Waals surface area (Å²) in [7, 11) is 0. The third-order valence-electron chi connectivity index (χ3n) is 6.03. The van der Waals surface area contributed by atoms with Gasteiger partial charge in [0.05, 0.1) is 6.42 Å². The number of rotatable bonds is 10. The van der Waals surface area contributed by atoms with E-state index in [4.69, 9.17) is 0 Å². The molecule has 172 valence electrons. The second kappa shape index (κ2) is 12.0. The smallest absolute Gasteiger partial charge is 0.243 e. The van der Waals surface area contributed by atoms with Gasteiger partial charge in [0, 0.05) is 19.5 Å². The molecule has 0 aromatic heterocycles. The Hall–Kier alpha value is -3.40. The molecule has 0 fully saturated rings. The van der Waals surface area contributed by atoms with Crippen molar-refractivity contribution in [3.8, 4) is 0 Å². The van der Waals surface area contributed by atoms with Gasteiger partial charge in [-0.2, -0.15) is 0 Å². The minimum Gasteiger partial charge on any atom is -0.354 e. The summed E-state index contributed by atoms with van der Waals surface area (Å²) in [6, 6.07) is 25.3. The Bertz CT molecular complexity index is 1060. The summed E-state index contributed by atoms with van der Waals surface area (Å²) in [5.74, 6) is -0.146. The second-order valence-corrected chi connectivity index (χ2v) is 8.55. The molecule has 0 saturated carbocycles. The van der Waals surface area contributed by atoms with Crippen molar-refractivity contribution in [1.82, 2.24) is 10.2 Å². The van der Waals surface area contributed by atoms with Gasteiger partial charge in [-0.15, -0.1) is 0 Å². The average molecular weight is 443 g/mol. The topological polar surface area (TPSA) is 49.4 Å². The van der Waals surface area contributed by atoms with Crippen LogP contribution in [0.2, 0.25) is 0 Å². The fourth-order valence-corrected chi connectivity index (χ4v) is 3.96. The lowest BCUT2D eigenvalue weighted by molar-refractivity contribution is -0.140. The Morgan fingerprint density at radius 2 is 1.39 bits per heavy atom. The van der Waals surface area contributed by atoms with E-state index in [0.29, 0.717) is 19.5 Å². The maximum Gasteiger partial charge on any atom is 0.243 e. The largest absolute Gasteiger partial charge is 0.354 e. The SMILES string of the molecule is CCCNC(=O)C(Cc1ccccc1)N(Cc1ccccc1C)C(=O)Cc1ccccc1C. The summed E-state index contributed by atoms with van der Waals surface area (Å²) in [4.78, 5) is 28.8. The van der Waals surface area contributed by atoms with Crippen LogP contribution in [0.3, 0.4) is 0 Å². The molecule has 0 aliphatic heterocycles. The molecule has 3 aromatic rings. The first-order chi connectivity index (χ1) is 16.0. The second-order valence-electron chi connectivity index (χ2n) is 8.55. The van der Waals surface area contributed by atoms with E-state index in [9.17, 15) is 9.59 Å². The molecule has 0 aliphatic rings. The van der Waals surface area contributed by atoms with Gasteiger partial charge in [-0.25, -0.2) is 0 Å². The number of amides is 2. The Labute approximate surface area is 197 Å². The Morgan fingerprint density at radius 3 is 2.00 bits per heavy atom. The summed E-state index contributed by atoms with van der Waals surface area (Å²) in [6.45, 7) is 7.08. The molecule has 4 heteroatoms. The van der Waals surface area contributed by atoms with Gasteiger partial charge in [0.1, 0.15) is 6.04 Å². The zero-order valence-corrected chi connectivity index (χ0v) is 19.9. The number of hydrogen-bond donors (Lipinski definition) is 1. The van der Waals surface area contributed by atoms with E-state index in [1.54, 1.807) is 4.90 Å². The van der Waals surface area contributed by atoms with Crippen LogP contribution >= 0.6 is 0 Å². The van der Waals surface area contributed by atoms with Crippen LogP contribution in [0.25, 0.3) is 0 Å². The fourth-order valence-electron chi connectivity index (χ4n) is 3.96. The van der Waals surface area contributed by atoms with E-state index in [1.165, 1.54) is 0 Å². The molecule has 33 heavy (non-hydrogen) atoms. The first-order valence-corrected chi connectivity index (χ1v) is 11.7. The molecular formula is C29H34N2O2. The Morgan fingerprint density at radius 1 is 0.818 bits per heavy atom. The summed E-state index contributed by atoms with van der Waals surface area (Å²) in [5.41, 5.74) is 5.27. The van der Waals surface area contributed by atoms with Crippen LogP contribution in [0.1, 0.15) is 41.2 Å². The number of carbonyl (C=O) groups excluding carboxylic acids is 2. The van der Waals surface area contributed by atoms with Crippen molar-refractivity contribution >= 4 is 11.8 Å². The summed E-state index contributed by atoms with van der Waals surface area (Å²) >= 11 is 0. The van der Waals surface area contributed by atoms with Crippen LogP contribution in [-0.4, -0.2) is 29.3 Å². The molecule has 1 unspecified atom stereocenters. The predicted molar refractivity (Wildman–Crippen MR) is 134 cm³/mol. The zero-order chi connectivity index (χ0) is 23.6. The van der Waals surface area contributed by atoms with Gasteiger partial charge in [0.25, 0.3) is 0 Å². The van der Waals surface area contributed by atoms with Crippen molar-refractivity contribution in [2.45, 2.75) is 52.6 Å². The van der Waals surface area contributed by atoms with Crippen LogP contribution < -0.4 is 5.32 Å². The molecule has 0 bridgehead atoms. The highest BCUT2D eigenvalue weighted by Crippen LogP contribution is 2.19. The van der Waals surface area contributed by atoms with E-state index in [-0.39, 0.29) is 18.2 Å². The lowest BCUT2D eigenvalue weighted by atomic mass is 9.99. The van der Waals surface area contributed by atoms with E-state index >= 15 is 0 Å². The van der Waals surface area contributed by atoms with Crippen molar-refractivity contribution in [2.24, 2.45) is 0 Å². The Kier molecular flexibility index (Phi) is 8.82. The molecule has 0 saturated heterocycles. The van der Waals surface area contributed by atoms with E-state index in [2.05, 4.69) is 5.32 Å². The van der Waals surface area contributed by atoms with Crippen molar-refractivity contribution in [3.63, 3.8) is 0 Å². The van der Waals surface area contributed by atoms with Gasteiger partial charge in [-0.05, 0) is 48.1 Å². The number of hydrogen-bond acceptors (Lipinski definition) is 2. The molecule has 2 amide bonds. The monoisotopic (exact) mass is 442 g/mol. The van der Waals surface area contributed by atoms with Crippen molar-refractivity contribution in [3.05, 3.63) is 107 Å². The molecule has 1 atom stereocenters. The molecule has 1 N–H and O–H groups in total. The number of benzene rings is 3.